The van der Waals surface area contributed by atoms with Crippen LogP contribution in [0, 0.1) is 16.7 Å². The molecule has 0 aliphatic carbocycles. The zero-order chi connectivity index (χ0) is 19.4. The molecule has 2 N–H and O–H groups in total. The molecule has 0 spiro atoms. The molecule has 0 amide bonds. The van der Waals surface area contributed by atoms with Gasteiger partial charge in [-0.25, -0.2) is 0 Å². The van der Waals surface area contributed by atoms with E-state index in [-0.39, 0.29) is 11.5 Å². The molecule has 0 aromatic heterocycles. The van der Waals surface area contributed by atoms with Crippen molar-refractivity contribution in [3.63, 3.8) is 0 Å². The van der Waals surface area contributed by atoms with Gasteiger partial charge < -0.3 is 15.4 Å². The van der Waals surface area contributed by atoms with Gasteiger partial charge in [0.05, 0.1) is 17.7 Å². The monoisotopic (exact) mass is 377 g/mol. The Morgan fingerprint density at radius 2 is 1.74 bits per heavy atom. The van der Waals surface area contributed by atoms with Crippen LogP contribution in [0.25, 0.3) is 0 Å². The number of ether oxygens (including phenoxy) is 1. The van der Waals surface area contributed by atoms with Gasteiger partial charge in [0.25, 0.3) is 0 Å². The lowest BCUT2D eigenvalue weighted by Gasteiger charge is -2.34. The molecular formula is C22H23N3OS. The van der Waals surface area contributed by atoms with Crippen LogP contribution in [0.15, 0.2) is 65.9 Å². The molecule has 1 aliphatic heterocycles. The van der Waals surface area contributed by atoms with E-state index in [0.29, 0.717) is 17.3 Å². The normalized spacial score (nSPS) is 17.0. The number of thiocarbonyl (C=S) groups is 1. The van der Waals surface area contributed by atoms with Crippen molar-refractivity contribution in [1.29, 1.82) is 5.26 Å². The summed E-state index contributed by atoms with van der Waals surface area (Å²) >= 11 is 5.36. The Morgan fingerprint density at radius 1 is 1.07 bits per heavy atom. The third kappa shape index (κ3) is 4.47. The lowest BCUT2D eigenvalue weighted by molar-refractivity contribution is 0.306. The SMILES string of the molecule is CC(C)(C)C1=C(C#N)[C@H](c2ccc(OCc3ccccc3)cc2)NC(=S)N1. The number of allylic oxidation sites excluding steroid dienone is 1. The van der Waals surface area contributed by atoms with Crippen LogP contribution in [0.2, 0.25) is 0 Å². The zero-order valence-corrected chi connectivity index (χ0v) is 16.6. The van der Waals surface area contributed by atoms with Crippen LogP contribution < -0.4 is 15.4 Å². The molecule has 3 rings (SSSR count). The summed E-state index contributed by atoms with van der Waals surface area (Å²) in [5.74, 6) is 0.789. The lowest BCUT2D eigenvalue weighted by atomic mass is 9.84. The summed E-state index contributed by atoms with van der Waals surface area (Å²) in [4.78, 5) is 0. The number of benzene rings is 2. The van der Waals surface area contributed by atoms with Crippen LogP contribution >= 0.6 is 12.2 Å². The smallest absolute Gasteiger partial charge is 0.171 e. The molecule has 0 fully saturated rings. The Morgan fingerprint density at radius 3 is 2.33 bits per heavy atom. The third-order valence-corrected chi connectivity index (χ3v) is 4.62. The first kappa shape index (κ1) is 18.9. The van der Waals surface area contributed by atoms with Crippen LogP contribution in [-0.2, 0) is 6.61 Å². The van der Waals surface area contributed by atoms with Gasteiger partial charge in [0.15, 0.2) is 5.11 Å². The van der Waals surface area contributed by atoms with Gasteiger partial charge in [-0.2, -0.15) is 5.26 Å². The number of rotatable bonds is 4. The fourth-order valence-corrected chi connectivity index (χ4v) is 3.24. The molecule has 138 valence electrons. The highest BCUT2D eigenvalue weighted by molar-refractivity contribution is 7.80. The van der Waals surface area contributed by atoms with Gasteiger partial charge in [0.1, 0.15) is 12.4 Å². The van der Waals surface area contributed by atoms with Gasteiger partial charge in [-0.3, -0.25) is 0 Å². The first-order valence-electron chi connectivity index (χ1n) is 8.87. The van der Waals surface area contributed by atoms with Gasteiger partial charge in [0, 0.05) is 11.1 Å². The molecule has 27 heavy (non-hydrogen) atoms. The van der Waals surface area contributed by atoms with Crippen molar-refractivity contribution in [2.45, 2.75) is 33.4 Å². The summed E-state index contributed by atoms with van der Waals surface area (Å²) in [5, 5.41) is 16.7. The summed E-state index contributed by atoms with van der Waals surface area (Å²) in [7, 11) is 0. The predicted octanol–water partition coefficient (Wildman–Crippen LogP) is 4.61. The second kappa shape index (κ2) is 7.81. The van der Waals surface area contributed by atoms with Gasteiger partial charge in [-0.1, -0.05) is 63.2 Å². The maximum Gasteiger partial charge on any atom is 0.171 e. The highest BCUT2D eigenvalue weighted by Gasteiger charge is 2.32. The van der Waals surface area contributed by atoms with Gasteiger partial charge in [0.2, 0.25) is 0 Å². The molecule has 1 heterocycles. The van der Waals surface area contributed by atoms with Crippen LogP contribution in [0.1, 0.15) is 37.9 Å². The van der Waals surface area contributed by atoms with E-state index in [1.54, 1.807) is 0 Å². The van der Waals surface area contributed by atoms with Crippen molar-refractivity contribution in [3.8, 4) is 11.8 Å². The van der Waals surface area contributed by atoms with E-state index in [1.807, 2.05) is 54.6 Å². The number of nitriles is 1. The largest absolute Gasteiger partial charge is 0.489 e. The van der Waals surface area contributed by atoms with Crippen molar-refractivity contribution in [2.75, 3.05) is 0 Å². The fraction of sp³-hybridized carbons (Fsp3) is 0.273. The van der Waals surface area contributed by atoms with Crippen LogP contribution in [0.5, 0.6) is 5.75 Å². The highest BCUT2D eigenvalue weighted by atomic mass is 32.1. The number of nitrogens with one attached hydrogen (secondary N) is 2. The third-order valence-electron chi connectivity index (χ3n) is 4.40. The number of hydrogen-bond donors (Lipinski definition) is 2. The van der Waals surface area contributed by atoms with E-state index >= 15 is 0 Å². The molecule has 2 aromatic carbocycles. The minimum Gasteiger partial charge on any atom is -0.489 e. The van der Waals surface area contributed by atoms with Gasteiger partial charge in [-0.15, -0.1) is 0 Å². The second-order valence-corrected chi connectivity index (χ2v) is 7.93. The molecule has 0 saturated heterocycles. The first-order valence-corrected chi connectivity index (χ1v) is 9.28. The molecule has 0 unspecified atom stereocenters. The number of nitrogens with zero attached hydrogens (tertiary/aromatic N) is 1. The first-order chi connectivity index (χ1) is 12.9. The van der Waals surface area contributed by atoms with E-state index in [4.69, 9.17) is 17.0 Å². The zero-order valence-electron chi connectivity index (χ0n) is 15.7. The molecule has 0 saturated carbocycles. The Kier molecular flexibility index (Phi) is 5.48. The Labute approximate surface area is 165 Å². The van der Waals surface area contributed by atoms with Crippen molar-refractivity contribution < 1.29 is 4.74 Å². The predicted molar refractivity (Wildman–Crippen MR) is 111 cm³/mol. The standard InChI is InChI=1S/C22H23N3OS/c1-22(2,3)20-18(13-23)19(24-21(27)25-20)16-9-11-17(12-10-16)26-14-15-7-5-4-6-8-15/h4-12,19H,14H2,1-3H3,(H2,24,25,27)/t19-/m0/s1. The van der Waals surface area contributed by atoms with E-state index in [9.17, 15) is 5.26 Å². The Hall–Kier alpha value is -2.84. The molecule has 2 aromatic rings. The molecule has 5 heteroatoms. The topological polar surface area (TPSA) is 57.1 Å². The Balaban J connectivity index is 1.81. The fourth-order valence-electron chi connectivity index (χ4n) is 3.02. The Bertz CT molecular complexity index is 890. The second-order valence-electron chi connectivity index (χ2n) is 7.53. The maximum absolute atomic E-state index is 9.75. The van der Waals surface area contributed by atoms with Crippen LogP contribution in [-0.4, -0.2) is 5.11 Å². The number of hydrogen-bond acceptors (Lipinski definition) is 3. The maximum atomic E-state index is 9.75. The summed E-state index contributed by atoms with van der Waals surface area (Å²) in [6.45, 7) is 6.72. The van der Waals surface area contributed by atoms with Crippen LogP contribution in [0.3, 0.4) is 0 Å². The van der Waals surface area contributed by atoms with Crippen molar-refractivity contribution >= 4 is 17.3 Å². The van der Waals surface area contributed by atoms with E-state index < -0.39 is 0 Å². The summed E-state index contributed by atoms with van der Waals surface area (Å²) < 4.78 is 5.85. The summed E-state index contributed by atoms with van der Waals surface area (Å²) in [6, 6.07) is 19.9. The highest BCUT2D eigenvalue weighted by Crippen LogP contribution is 2.34. The summed E-state index contributed by atoms with van der Waals surface area (Å²) in [6.07, 6.45) is 0. The molecule has 0 bridgehead atoms. The van der Waals surface area contributed by atoms with Crippen LogP contribution in [0.4, 0.5) is 0 Å². The van der Waals surface area contributed by atoms with Gasteiger partial charge >= 0.3 is 0 Å². The average Bonchev–Trinajstić information content (AvgIpc) is 2.66. The van der Waals surface area contributed by atoms with E-state index in [2.05, 4.69) is 37.5 Å². The minimum atomic E-state index is -0.263. The minimum absolute atomic E-state index is 0.200. The molecule has 1 atom stereocenters. The average molecular weight is 378 g/mol. The molecule has 4 nitrogen and oxygen atoms in total. The van der Waals surface area contributed by atoms with Crippen molar-refractivity contribution in [3.05, 3.63) is 77.0 Å². The molecular weight excluding hydrogens is 354 g/mol. The van der Waals surface area contributed by atoms with E-state index in [1.165, 1.54) is 0 Å². The quantitative estimate of drug-likeness (QED) is 0.762. The van der Waals surface area contributed by atoms with Crippen molar-refractivity contribution in [2.24, 2.45) is 5.41 Å². The summed E-state index contributed by atoms with van der Waals surface area (Å²) in [5.41, 5.74) is 3.42. The van der Waals surface area contributed by atoms with Crippen molar-refractivity contribution in [1.82, 2.24) is 10.6 Å². The molecule has 1 aliphatic rings. The lowest BCUT2D eigenvalue weighted by Crippen LogP contribution is -2.46. The van der Waals surface area contributed by atoms with E-state index in [0.717, 1.165) is 22.6 Å². The molecule has 0 radical (unpaired) electrons. The van der Waals surface area contributed by atoms with Gasteiger partial charge in [-0.05, 0) is 35.5 Å².